The van der Waals surface area contributed by atoms with Gasteiger partial charge in [-0.3, -0.25) is 0 Å². The summed E-state index contributed by atoms with van der Waals surface area (Å²) in [5, 5.41) is 3.53. The minimum atomic E-state index is -0.401. The van der Waals surface area contributed by atoms with Crippen LogP contribution in [0.4, 0.5) is 4.79 Å². The standard InChI is InChI=1S/C17H34N2O2S/c1-5-22-13-7-10-18-11-9-15-8-6-12-19(14-15)16(20)21-17(2,3)4/h15,18H,5-14H2,1-4H3. The van der Waals surface area contributed by atoms with E-state index in [1.807, 2.05) is 37.4 Å². The Morgan fingerprint density at radius 2 is 2.14 bits per heavy atom. The summed E-state index contributed by atoms with van der Waals surface area (Å²) in [7, 11) is 0. The number of likely N-dealkylation sites (tertiary alicyclic amines) is 1. The normalized spacial score (nSPS) is 19.3. The summed E-state index contributed by atoms with van der Waals surface area (Å²) >= 11 is 2.00. The molecule has 0 aliphatic carbocycles. The largest absolute Gasteiger partial charge is 0.444 e. The van der Waals surface area contributed by atoms with Crippen molar-refractivity contribution in [3.05, 3.63) is 0 Å². The van der Waals surface area contributed by atoms with E-state index in [4.69, 9.17) is 4.74 Å². The Labute approximate surface area is 140 Å². The van der Waals surface area contributed by atoms with Crippen LogP contribution in [0.25, 0.3) is 0 Å². The second kappa shape index (κ2) is 10.4. The first-order chi connectivity index (χ1) is 10.4. The highest BCUT2D eigenvalue weighted by Gasteiger charge is 2.27. The van der Waals surface area contributed by atoms with Crippen molar-refractivity contribution < 1.29 is 9.53 Å². The van der Waals surface area contributed by atoms with Crippen molar-refractivity contribution in [1.29, 1.82) is 0 Å². The van der Waals surface area contributed by atoms with Gasteiger partial charge in [0.25, 0.3) is 0 Å². The third kappa shape index (κ3) is 8.89. The van der Waals surface area contributed by atoms with Crippen LogP contribution in [0.15, 0.2) is 0 Å². The fourth-order valence-electron chi connectivity index (χ4n) is 2.67. The number of amides is 1. The van der Waals surface area contributed by atoms with Crippen LogP contribution in [0.5, 0.6) is 0 Å². The van der Waals surface area contributed by atoms with E-state index in [-0.39, 0.29) is 6.09 Å². The molecule has 1 fully saturated rings. The van der Waals surface area contributed by atoms with Gasteiger partial charge in [-0.05, 0) is 77.0 Å². The predicted molar refractivity (Wildman–Crippen MR) is 95.6 cm³/mol. The van der Waals surface area contributed by atoms with Gasteiger partial charge in [-0.1, -0.05) is 6.92 Å². The molecular formula is C17H34N2O2S. The number of rotatable bonds is 8. The minimum Gasteiger partial charge on any atom is -0.444 e. The summed E-state index contributed by atoms with van der Waals surface area (Å²) in [6.07, 6.45) is 4.57. The van der Waals surface area contributed by atoms with Crippen LogP contribution >= 0.6 is 11.8 Å². The zero-order valence-electron chi connectivity index (χ0n) is 14.8. The lowest BCUT2D eigenvalue weighted by molar-refractivity contribution is 0.0162. The van der Waals surface area contributed by atoms with Gasteiger partial charge in [0, 0.05) is 13.1 Å². The van der Waals surface area contributed by atoms with E-state index in [1.54, 1.807) is 0 Å². The van der Waals surface area contributed by atoms with Crippen molar-refractivity contribution in [1.82, 2.24) is 10.2 Å². The summed E-state index contributed by atoms with van der Waals surface area (Å²) in [5.74, 6) is 3.07. The van der Waals surface area contributed by atoms with Gasteiger partial charge in [0.15, 0.2) is 0 Å². The number of nitrogens with one attached hydrogen (secondary N) is 1. The Balaban J connectivity index is 2.16. The SMILES string of the molecule is CCSCCCNCCC1CCCN(C(=O)OC(C)(C)C)C1. The Morgan fingerprint density at radius 3 is 2.82 bits per heavy atom. The van der Waals surface area contributed by atoms with Crippen LogP contribution in [0.3, 0.4) is 0 Å². The monoisotopic (exact) mass is 330 g/mol. The quantitative estimate of drug-likeness (QED) is 0.688. The van der Waals surface area contributed by atoms with Crippen LogP contribution < -0.4 is 5.32 Å². The number of carbonyl (C=O) groups is 1. The third-order valence-electron chi connectivity index (χ3n) is 3.75. The third-order valence-corrected chi connectivity index (χ3v) is 4.73. The second-order valence-corrected chi connectivity index (χ2v) is 8.42. The fraction of sp³-hybridized carbons (Fsp3) is 0.941. The molecule has 0 radical (unpaired) electrons. The molecule has 0 aromatic carbocycles. The van der Waals surface area contributed by atoms with Crippen molar-refractivity contribution >= 4 is 17.9 Å². The molecule has 5 heteroatoms. The number of carbonyl (C=O) groups excluding carboxylic acids is 1. The van der Waals surface area contributed by atoms with Gasteiger partial charge >= 0.3 is 6.09 Å². The van der Waals surface area contributed by atoms with Gasteiger partial charge in [0.05, 0.1) is 0 Å². The molecule has 1 aliphatic rings. The molecule has 1 unspecified atom stereocenters. The molecule has 0 bridgehead atoms. The number of thioether (sulfide) groups is 1. The zero-order chi connectivity index (χ0) is 16.4. The first-order valence-corrected chi connectivity index (χ1v) is 9.84. The van der Waals surface area contributed by atoms with E-state index >= 15 is 0 Å². The zero-order valence-corrected chi connectivity index (χ0v) is 15.6. The summed E-state index contributed by atoms with van der Waals surface area (Å²) in [4.78, 5) is 14.0. The Bertz CT molecular complexity index is 318. The predicted octanol–water partition coefficient (Wildman–Crippen LogP) is 3.76. The molecule has 1 rings (SSSR count). The highest BCUT2D eigenvalue weighted by Crippen LogP contribution is 2.21. The molecular weight excluding hydrogens is 296 g/mol. The molecule has 1 heterocycles. The minimum absolute atomic E-state index is 0.151. The van der Waals surface area contributed by atoms with E-state index in [9.17, 15) is 4.79 Å². The smallest absolute Gasteiger partial charge is 0.410 e. The van der Waals surface area contributed by atoms with Gasteiger partial charge in [-0.25, -0.2) is 4.79 Å². The van der Waals surface area contributed by atoms with Crippen molar-refractivity contribution in [2.45, 2.75) is 59.0 Å². The van der Waals surface area contributed by atoms with Crippen LogP contribution in [-0.2, 0) is 4.74 Å². The molecule has 0 saturated carbocycles. The Morgan fingerprint density at radius 1 is 1.36 bits per heavy atom. The average molecular weight is 331 g/mol. The van der Waals surface area contributed by atoms with Gasteiger partial charge < -0.3 is 15.0 Å². The Hall–Kier alpha value is -0.420. The van der Waals surface area contributed by atoms with Crippen molar-refractivity contribution in [2.75, 3.05) is 37.7 Å². The van der Waals surface area contributed by atoms with Crippen molar-refractivity contribution in [3.8, 4) is 0 Å². The van der Waals surface area contributed by atoms with Crippen LogP contribution in [0.2, 0.25) is 0 Å². The molecule has 0 spiro atoms. The van der Waals surface area contributed by atoms with Crippen LogP contribution in [0, 0.1) is 5.92 Å². The van der Waals surface area contributed by atoms with E-state index in [0.717, 1.165) is 39.0 Å². The maximum atomic E-state index is 12.1. The number of hydrogen-bond donors (Lipinski definition) is 1. The molecule has 4 nitrogen and oxygen atoms in total. The molecule has 22 heavy (non-hydrogen) atoms. The van der Waals surface area contributed by atoms with Gasteiger partial charge in [-0.15, -0.1) is 0 Å². The average Bonchev–Trinajstić information content (AvgIpc) is 2.45. The van der Waals surface area contributed by atoms with E-state index in [0.29, 0.717) is 5.92 Å². The lowest BCUT2D eigenvalue weighted by atomic mass is 9.95. The maximum absolute atomic E-state index is 12.1. The van der Waals surface area contributed by atoms with Crippen molar-refractivity contribution in [2.24, 2.45) is 5.92 Å². The number of ether oxygens (including phenoxy) is 1. The lowest BCUT2D eigenvalue weighted by Crippen LogP contribution is -2.43. The van der Waals surface area contributed by atoms with E-state index in [2.05, 4.69) is 12.2 Å². The summed E-state index contributed by atoms with van der Waals surface area (Å²) < 4.78 is 5.48. The molecule has 1 N–H and O–H groups in total. The number of hydrogen-bond acceptors (Lipinski definition) is 4. The molecule has 1 aliphatic heterocycles. The molecule has 1 amide bonds. The van der Waals surface area contributed by atoms with E-state index in [1.165, 1.54) is 24.3 Å². The first-order valence-electron chi connectivity index (χ1n) is 8.68. The second-order valence-electron chi connectivity index (χ2n) is 7.02. The van der Waals surface area contributed by atoms with E-state index < -0.39 is 5.60 Å². The fourth-order valence-corrected chi connectivity index (χ4v) is 3.30. The maximum Gasteiger partial charge on any atom is 0.410 e. The van der Waals surface area contributed by atoms with Gasteiger partial charge in [0.1, 0.15) is 5.60 Å². The molecule has 0 aromatic rings. The molecule has 1 saturated heterocycles. The first kappa shape index (κ1) is 19.6. The summed E-state index contributed by atoms with van der Waals surface area (Å²) in [5.41, 5.74) is -0.401. The Kier molecular flexibility index (Phi) is 9.25. The lowest BCUT2D eigenvalue weighted by Gasteiger charge is -2.34. The molecule has 1 atom stereocenters. The topological polar surface area (TPSA) is 41.6 Å². The highest BCUT2D eigenvalue weighted by atomic mass is 32.2. The number of nitrogens with zero attached hydrogens (tertiary/aromatic N) is 1. The van der Waals surface area contributed by atoms with Crippen LogP contribution in [-0.4, -0.2) is 54.3 Å². The summed E-state index contributed by atoms with van der Waals surface area (Å²) in [6, 6.07) is 0. The number of piperidine rings is 1. The van der Waals surface area contributed by atoms with Gasteiger partial charge in [-0.2, -0.15) is 11.8 Å². The molecule has 130 valence electrons. The highest BCUT2D eigenvalue weighted by molar-refractivity contribution is 7.99. The summed E-state index contributed by atoms with van der Waals surface area (Å²) in [6.45, 7) is 11.8. The van der Waals surface area contributed by atoms with Crippen molar-refractivity contribution in [3.63, 3.8) is 0 Å². The van der Waals surface area contributed by atoms with Crippen LogP contribution in [0.1, 0.15) is 53.4 Å². The molecule has 0 aromatic heterocycles. The van der Waals surface area contributed by atoms with Gasteiger partial charge in [0.2, 0.25) is 0 Å².